The third kappa shape index (κ3) is 2.77. The van der Waals surface area contributed by atoms with Gasteiger partial charge in [0.25, 0.3) is 0 Å². The lowest BCUT2D eigenvalue weighted by Crippen LogP contribution is -2.24. The van der Waals surface area contributed by atoms with Gasteiger partial charge < -0.3 is 14.6 Å². The van der Waals surface area contributed by atoms with Crippen LogP contribution in [0.25, 0.3) is 0 Å². The monoisotopic (exact) mass is 160 g/mol. The molecule has 1 rings (SSSR count). The van der Waals surface area contributed by atoms with E-state index in [9.17, 15) is 5.11 Å². The van der Waals surface area contributed by atoms with Crippen LogP contribution in [0.15, 0.2) is 0 Å². The maximum Gasteiger partial charge on any atom is 0.0845 e. The first-order chi connectivity index (χ1) is 5.20. The molecular weight excluding hydrogens is 144 g/mol. The minimum absolute atomic E-state index is 0.178. The highest BCUT2D eigenvalue weighted by Gasteiger charge is 2.26. The summed E-state index contributed by atoms with van der Waals surface area (Å²) in [5.41, 5.74) is 0. The van der Waals surface area contributed by atoms with Crippen molar-refractivity contribution < 1.29 is 14.6 Å². The quantitative estimate of drug-likeness (QED) is 0.650. The molecule has 2 atom stereocenters. The Balaban J connectivity index is 2.15. The number of hydrogen-bond acceptors (Lipinski definition) is 3. The van der Waals surface area contributed by atoms with E-state index in [-0.39, 0.29) is 18.1 Å². The van der Waals surface area contributed by atoms with Gasteiger partial charge in [-0.15, -0.1) is 0 Å². The van der Waals surface area contributed by atoms with Crippen LogP contribution in [-0.4, -0.2) is 37.1 Å². The van der Waals surface area contributed by atoms with Crippen molar-refractivity contribution in [2.75, 3.05) is 19.8 Å². The number of rotatable bonds is 3. The molecule has 1 heterocycles. The van der Waals surface area contributed by atoms with Crippen LogP contribution in [0.5, 0.6) is 0 Å². The van der Waals surface area contributed by atoms with Gasteiger partial charge in [0.05, 0.1) is 32.0 Å². The van der Waals surface area contributed by atoms with Crippen LogP contribution >= 0.6 is 0 Å². The Morgan fingerprint density at radius 2 is 2.27 bits per heavy atom. The number of aliphatic hydroxyl groups excluding tert-OH is 1. The molecule has 0 spiro atoms. The van der Waals surface area contributed by atoms with E-state index in [1.807, 2.05) is 13.8 Å². The zero-order chi connectivity index (χ0) is 8.27. The molecule has 0 amide bonds. The van der Waals surface area contributed by atoms with Gasteiger partial charge >= 0.3 is 0 Å². The first-order valence-corrected chi connectivity index (χ1v) is 4.07. The minimum atomic E-state index is -0.325. The summed E-state index contributed by atoms with van der Waals surface area (Å²) in [5, 5.41) is 9.30. The topological polar surface area (TPSA) is 38.7 Å². The Kier molecular flexibility index (Phi) is 3.30. The summed E-state index contributed by atoms with van der Waals surface area (Å²) in [4.78, 5) is 0. The van der Waals surface area contributed by atoms with Gasteiger partial charge in [-0.2, -0.15) is 0 Å². The molecule has 3 heteroatoms. The van der Waals surface area contributed by atoms with Crippen LogP contribution in [0.3, 0.4) is 0 Å². The first kappa shape index (κ1) is 8.97. The van der Waals surface area contributed by atoms with Gasteiger partial charge in [-0.1, -0.05) is 0 Å². The van der Waals surface area contributed by atoms with Crippen LogP contribution < -0.4 is 0 Å². The van der Waals surface area contributed by atoms with E-state index in [2.05, 4.69) is 0 Å². The SMILES string of the molecule is CC(C)OCC1COCC1O. The molecule has 1 fully saturated rings. The molecule has 1 aliphatic rings. The molecule has 0 aromatic carbocycles. The van der Waals surface area contributed by atoms with Crippen LogP contribution in [0.4, 0.5) is 0 Å². The average molecular weight is 160 g/mol. The third-order valence-corrected chi connectivity index (χ3v) is 1.81. The van der Waals surface area contributed by atoms with Gasteiger partial charge in [0.15, 0.2) is 0 Å². The van der Waals surface area contributed by atoms with E-state index in [1.165, 1.54) is 0 Å². The van der Waals surface area contributed by atoms with E-state index in [0.717, 1.165) is 0 Å². The lowest BCUT2D eigenvalue weighted by atomic mass is 10.1. The van der Waals surface area contributed by atoms with Gasteiger partial charge in [-0.3, -0.25) is 0 Å². The molecule has 66 valence electrons. The Morgan fingerprint density at radius 3 is 2.73 bits per heavy atom. The van der Waals surface area contributed by atoms with Gasteiger partial charge in [0, 0.05) is 5.92 Å². The number of aliphatic hydroxyl groups is 1. The fraction of sp³-hybridized carbons (Fsp3) is 1.00. The average Bonchev–Trinajstić information content (AvgIpc) is 2.31. The van der Waals surface area contributed by atoms with Crippen molar-refractivity contribution in [2.45, 2.75) is 26.1 Å². The second-order valence-corrected chi connectivity index (χ2v) is 3.25. The predicted octanol–water partition coefficient (Wildman–Crippen LogP) is 0.419. The van der Waals surface area contributed by atoms with Crippen LogP contribution in [0.1, 0.15) is 13.8 Å². The molecule has 0 aromatic heterocycles. The summed E-state index contributed by atoms with van der Waals surface area (Å²) < 4.78 is 10.4. The Morgan fingerprint density at radius 1 is 1.55 bits per heavy atom. The Hall–Kier alpha value is -0.120. The third-order valence-electron chi connectivity index (χ3n) is 1.81. The van der Waals surface area contributed by atoms with E-state index in [0.29, 0.717) is 19.8 Å². The Labute approximate surface area is 67.3 Å². The largest absolute Gasteiger partial charge is 0.390 e. The smallest absolute Gasteiger partial charge is 0.0845 e. The summed E-state index contributed by atoms with van der Waals surface area (Å²) in [6.45, 7) is 5.68. The summed E-state index contributed by atoms with van der Waals surface area (Å²) in [6, 6.07) is 0. The van der Waals surface area contributed by atoms with Crippen molar-refractivity contribution in [3.05, 3.63) is 0 Å². The standard InChI is InChI=1S/C8H16O3/c1-6(2)11-4-7-3-10-5-8(7)9/h6-9H,3-5H2,1-2H3. The minimum Gasteiger partial charge on any atom is -0.390 e. The highest BCUT2D eigenvalue weighted by Crippen LogP contribution is 2.14. The molecular formula is C8H16O3. The van der Waals surface area contributed by atoms with Crippen molar-refractivity contribution in [1.82, 2.24) is 0 Å². The molecule has 11 heavy (non-hydrogen) atoms. The van der Waals surface area contributed by atoms with Gasteiger partial charge in [-0.25, -0.2) is 0 Å². The molecule has 0 aliphatic carbocycles. The van der Waals surface area contributed by atoms with Crippen LogP contribution in [-0.2, 0) is 9.47 Å². The van der Waals surface area contributed by atoms with Gasteiger partial charge in [-0.05, 0) is 13.8 Å². The van der Waals surface area contributed by atoms with Crippen molar-refractivity contribution >= 4 is 0 Å². The normalized spacial score (nSPS) is 31.6. The molecule has 0 aromatic rings. The van der Waals surface area contributed by atoms with E-state index in [4.69, 9.17) is 9.47 Å². The lowest BCUT2D eigenvalue weighted by molar-refractivity contribution is 0.0211. The summed E-state index contributed by atoms with van der Waals surface area (Å²) in [5.74, 6) is 0.178. The fourth-order valence-corrected chi connectivity index (χ4v) is 1.06. The van der Waals surface area contributed by atoms with Crippen molar-refractivity contribution in [3.8, 4) is 0 Å². The zero-order valence-electron chi connectivity index (χ0n) is 7.12. The molecule has 2 unspecified atom stereocenters. The van der Waals surface area contributed by atoms with E-state index >= 15 is 0 Å². The van der Waals surface area contributed by atoms with E-state index in [1.54, 1.807) is 0 Å². The summed E-state index contributed by atoms with van der Waals surface area (Å²) in [7, 11) is 0. The molecule has 1 aliphatic heterocycles. The van der Waals surface area contributed by atoms with Gasteiger partial charge in [0.1, 0.15) is 0 Å². The predicted molar refractivity (Wildman–Crippen MR) is 41.4 cm³/mol. The van der Waals surface area contributed by atoms with E-state index < -0.39 is 0 Å². The molecule has 1 N–H and O–H groups in total. The highest BCUT2D eigenvalue weighted by atomic mass is 16.5. The maximum absolute atomic E-state index is 9.30. The number of ether oxygens (including phenoxy) is 2. The molecule has 3 nitrogen and oxygen atoms in total. The van der Waals surface area contributed by atoms with Crippen molar-refractivity contribution in [1.29, 1.82) is 0 Å². The molecule has 0 radical (unpaired) electrons. The first-order valence-electron chi connectivity index (χ1n) is 4.07. The highest BCUT2D eigenvalue weighted by molar-refractivity contribution is 4.73. The summed E-state index contributed by atoms with van der Waals surface area (Å²) in [6.07, 6.45) is -0.0865. The van der Waals surface area contributed by atoms with Gasteiger partial charge in [0.2, 0.25) is 0 Å². The lowest BCUT2D eigenvalue weighted by Gasteiger charge is -2.14. The van der Waals surface area contributed by atoms with Crippen LogP contribution in [0, 0.1) is 5.92 Å². The molecule has 0 saturated carbocycles. The summed E-state index contributed by atoms with van der Waals surface area (Å²) >= 11 is 0. The van der Waals surface area contributed by atoms with Crippen molar-refractivity contribution in [3.63, 3.8) is 0 Å². The second kappa shape index (κ2) is 4.04. The zero-order valence-corrected chi connectivity index (χ0v) is 7.12. The van der Waals surface area contributed by atoms with Crippen LogP contribution in [0.2, 0.25) is 0 Å². The fourth-order valence-electron chi connectivity index (χ4n) is 1.06. The number of hydrogen-bond donors (Lipinski definition) is 1. The van der Waals surface area contributed by atoms with Crippen molar-refractivity contribution in [2.24, 2.45) is 5.92 Å². The second-order valence-electron chi connectivity index (χ2n) is 3.25. The maximum atomic E-state index is 9.30. The molecule has 1 saturated heterocycles. The molecule has 0 bridgehead atoms. The Bertz CT molecular complexity index is 114.